The maximum Gasteiger partial charge on any atom is 0.271 e. The van der Waals surface area contributed by atoms with Crippen molar-refractivity contribution in [1.29, 1.82) is 0 Å². The zero-order valence-electron chi connectivity index (χ0n) is 20.1. The van der Waals surface area contributed by atoms with Crippen LogP contribution in [0.1, 0.15) is 42.0 Å². The minimum atomic E-state index is -0.144. The van der Waals surface area contributed by atoms with E-state index in [0.717, 1.165) is 46.6 Å². The van der Waals surface area contributed by atoms with Crippen molar-refractivity contribution in [2.45, 2.75) is 25.3 Å². The van der Waals surface area contributed by atoms with E-state index in [9.17, 15) is 4.79 Å². The van der Waals surface area contributed by atoms with Gasteiger partial charge in [0.2, 0.25) is 0 Å². The van der Waals surface area contributed by atoms with Crippen LogP contribution in [0.3, 0.4) is 0 Å². The van der Waals surface area contributed by atoms with Crippen molar-refractivity contribution < 1.29 is 4.74 Å². The molecule has 1 aliphatic heterocycles. The van der Waals surface area contributed by atoms with Crippen molar-refractivity contribution in [3.8, 4) is 5.75 Å². The lowest BCUT2D eigenvalue weighted by atomic mass is 9.84. The highest BCUT2D eigenvalue weighted by Crippen LogP contribution is 2.40. The number of benzene rings is 3. The van der Waals surface area contributed by atoms with Gasteiger partial charge in [0.1, 0.15) is 5.75 Å². The van der Waals surface area contributed by atoms with E-state index in [1.165, 1.54) is 28.0 Å². The highest BCUT2D eigenvalue weighted by atomic mass is 32.1. The number of allylic oxidation sites excluding steroid dienone is 2. The smallest absolute Gasteiger partial charge is 0.271 e. The molecule has 0 saturated carbocycles. The molecule has 4 nitrogen and oxygen atoms in total. The summed E-state index contributed by atoms with van der Waals surface area (Å²) in [5.41, 5.74) is 6.80. The van der Waals surface area contributed by atoms with E-state index in [-0.39, 0.29) is 11.6 Å². The van der Waals surface area contributed by atoms with Crippen LogP contribution in [-0.4, -0.2) is 11.7 Å². The fourth-order valence-corrected chi connectivity index (χ4v) is 6.10. The Bertz CT molecular complexity index is 1640. The van der Waals surface area contributed by atoms with Crippen molar-refractivity contribution in [1.82, 2.24) is 4.57 Å². The molecule has 2 aliphatic rings. The monoisotopic (exact) mass is 490 g/mol. The summed E-state index contributed by atoms with van der Waals surface area (Å²) in [6.45, 7) is 0. The van der Waals surface area contributed by atoms with Crippen LogP contribution in [-0.2, 0) is 0 Å². The van der Waals surface area contributed by atoms with Crippen molar-refractivity contribution in [3.05, 3.63) is 138 Å². The number of aromatic nitrogens is 1. The number of ether oxygens (including phenoxy) is 1. The van der Waals surface area contributed by atoms with Gasteiger partial charge in [-0.15, -0.1) is 0 Å². The molecule has 4 aromatic rings. The molecule has 6 rings (SSSR count). The summed E-state index contributed by atoms with van der Waals surface area (Å²) in [5, 5.41) is 0. The van der Waals surface area contributed by atoms with Gasteiger partial charge >= 0.3 is 0 Å². The third-order valence-electron chi connectivity index (χ3n) is 6.80. The van der Waals surface area contributed by atoms with Crippen LogP contribution >= 0.6 is 11.3 Å². The lowest BCUT2D eigenvalue weighted by molar-refractivity contribution is 0.415. The van der Waals surface area contributed by atoms with Crippen LogP contribution in [0.25, 0.3) is 12.2 Å². The highest BCUT2D eigenvalue weighted by Gasteiger charge is 2.32. The molecule has 36 heavy (non-hydrogen) atoms. The zero-order chi connectivity index (χ0) is 24.5. The highest BCUT2D eigenvalue weighted by molar-refractivity contribution is 7.07. The maximum atomic E-state index is 13.8. The Balaban J connectivity index is 1.55. The first-order chi connectivity index (χ1) is 17.7. The molecule has 0 spiro atoms. The van der Waals surface area contributed by atoms with E-state index in [1.807, 2.05) is 59.2 Å². The summed E-state index contributed by atoms with van der Waals surface area (Å²) in [4.78, 5) is 19.7. The fraction of sp³-hybridized carbons (Fsp3) is 0.161. The Labute approximate surface area is 213 Å². The number of thiazole rings is 1. The van der Waals surface area contributed by atoms with Gasteiger partial charge in [0.25, 0.3) is 5.56 Å². The van der Waals surface area contributed by atoms with Crippen LogP contribution in [0.2, 0.25) is 0 Å². The van der Waals surface area contributed by atoms with Gasteiger partial charge in [-0.05, 0) is 71.4 Å². The SMILES string of the molecule is COc1ccc(/C=c2/sc3n(c2=O)[C@H](c2ccccc2)C2=C(N=3)/C(=C/c3ccccc3)CCC2)cc1. The standard InChI is InChI=1S/C31H26N2O2S/c1-35-25-17-15-22(16-18-25)20-27-30(34)33-29(23-11-6-3-7-12-23)26-14-8-13-24(28(26)32-31(33)36-27)19-21-9-4-2-5-10-21/h2-7,9-12,15-20,29H,8,13-14H2,1H3/b24-19+,27-20+/t29-/m1/s1. The lowest BCUT2D eigenvalue weighted by Gasteiger charge is -2.31. The summed E-state index contributed by atoms with van der Waals surface area (Å²) in [7, 11) is 1.65. The lowest BCUT2D eigenvalue weighted by Crippen LogP contribution is -2.39. The maximum absolute atomic E-state index is 13.8. The molecule has 0 saturated heterocycles. The van der Waals surface area contributed by atoms with Gasteiger partial charge in [0.05, 0.1) is 23.4 Å². The quantitative estimate of drug-likeness (QED) is 0.380. The van der Waals surface area contributed by atoms with Crippen molar-refractivity contribution in [3.63, 3.8) is 0 Å². The van der Waals surface area contributed by atoms with Crippen molar-refractivity contribution >= 4 is 23.5 Å². The molecule has 1 atom stereocenters. The van der Waals surface area contributed by atoms with E-state index in [4.69, 9.17) is 9.73 Å². The van der Waals surface area contributed by atoms with E-state index < -0.39 is 0 Å². The van der Waals surface area contributed by atoms with Crippen LogP contribution < -0.4 is 19.6 Å². The van der Waals surface area contributed by atoms with Crippen LogP contribution in [0.4, 0.5) is 0 Å². The molecule has 2 heterocycles. The van der Waals surface area contributed by atoms with E-state index in [1.54, 1.807) is 7.11 Å². The molecule has 0 N–H and O–H groups in total. The molecule has 1 aromatic heterocycles. The summed E-state index contributed by atoms with van der Waals surface area (Å²) in [6, 6.07) is 28.4. The molecule has 0 radical (unpaired) electrons. The van der Waals surface area contributed by atoms with Crippen LogP contribution in [0.5, 0.6) is 5.75 Å². The Morgan fingerprint density at radius 1 is 0.889 bits per heavy atom. The minimum Gasteiger partial charge on any atom is -0.497 e. The van der Waals surface area contributed by atoms with Crippen LogP contribution in [0, 0.1) is 0 Å². The van der Waals surface area contributed by atoms with Gasteiger partial charge in [0.15, 0.2) is 4.80 Å². The zero-order valence-corrected chi connectivity index (χ0v) is 20.9. The Morgan fingerprint density at radius 3 is 2.31 bits per heavy atom. The van der Waals surface area contributed by atoms with Crippen molar-refractivity contribution in [2.75, 3.05) is 7.11 Å². The molecule has 1 aliphatic carbocycles. The molecule has 0 unspecified atom stereocenters. The molecular formula is C31H26N2O2S. The van der Waals surface area contributed by atoms with Crippen molar-refractivity contribution in [2.24, 2.45) is 4.99 Å². The van der Waals surface area contributed by atoms with Gasteiger partial charge < -0.3 is 4.74 Å². The van der Waals surface area contributed by atoms with E-state index >= 15 is 0 Å². The predicted octanol–water partition coefficient (Wildman–Crippen LogP) is 5.49. The third kappa shape index (κ3) is 4.16. The largest absolute Gasteiger partial charge is 0.497 e. The number of methoxy groups -OCH3 is 1. The summed E-state index contributed by atoms with van der Waals surface area (Å²) in [5.74, 6) is 0.795. The second-order valence-corrected chi connectivity index (χ2v) is 10.1. The normalized spacial score (nSPS) is 18.5. The first-order valence-electron chi connectivity index (χ1n) is 12.2. The number of hydrogen-bond donors (Lipinski definition) is 0. The van der Waals surface area contributed by atoms with Gasteiger partial charge in [-0.2, -0.15) is 0 Å². The molecular weight excluding hydrogens is 464 g/mol. The minimum absolute atomic E-state index is 0.00846. The summed E-state index contributed by atoms with van der Waals surface area (Å²) in [6.07, 6.45) is 7.18. The van der Waals surface area contributed by atoms with Gasteiger partial charge in [-0.25, -0.2) is 4.99 Å². The molecule has 3 aromatic carbocycles. The Kier molecular flexibility index (Phi) is 5.99. The number of nitrogens with zero attached hydrogens (tertiary/aromatic N) is 2. The van der Waals surface area contributed by atoms with Gasteiger partial charge in [-0.3, -0.25) is 9.36 Å². The predicted molar refractivity (Wildman–Crippen MR) is 146 cm³/mol. The topological polar surface area (TPSA) is 43.6 Å². The van der Waals surface area contributed by atoms with Gasteiger partial charge in [-0.1, -0.05) is 84.1 Å². The Morgan fingerprint density at radius 2 is 1.58 bits per heavy atom. The van der Waals surface area contributed by atoms with E-state index in [0.29, 0.717) is 4.53 Å². The number of rotatable bonds is 4. The van der Waals surface area contributed by atoms with Gasteiger partial charge in [0, 0.05) is 0 Å². The average Bonchev–Trinajstić information content (AvgIpc) is 3.23. The molecule has 5 heteroatoms. The average molecular weight is 491 g/mol. The second kappa shape index (κ2) is 9.59. The Hall–Kier alpha value is -3.96. The molecule has 0 fully saturated rings. The first-order valence-corrected chi connectivity index (χ1v) is 13.0. The molecule has 178 valence electrons. The van der Waals surface area contributed by atoms with Crippen LogP contribution in [0.15, 0.2) is 112 Å². The third-order valence-corrected chi connectivity index (χ3v) is 7.79. The number of hydrogen-bond acceptors (Lipinski definition) is 4. The fourth-order valence-electron chi connectivity index (χ4n) is 5.09. The van der Waals surface area contributed by atoms with E-state index in [2.05, 4.69) is 42.5 Å². The second-order valence-electron chi connectivity index (χ2n) is 9.07. The number of fused-ring (bicyclic) bond motifs is 1. The first kappa shape index (κ1) is 22.5. The summed E-state index contributed by atoms with van der Waals surface area (Å²) < 4.78 is 7.87. The molecule has 0 bridgehead atoms. The summed E-state index contributed by atoms with van der Waals surface area (Å²) >= 11 is 1.46. The molecule has 0 amide bonds.